The Balaban J connectivity index is 2.51. The highest BCUT2D eigenvalue weighted by Gasteiger charge is 2.05. The molecule has 0 amide bonds. The van der Waals surface area contributed by atoms with Gasteiger partial charge in [0.05, 0.1) is 0 Å². The lowest BCUT2D eigenvalue weighted by Crippen LogP contribution is -2.12. The summed E-state index contributed by atoms with van der Waals surface area (Å²) in [4.78, 5) is 12.3. The standard InChI is InChI=1S/C11H20ClN5S/c1-4-6-13-10-15-9(12)16-11(17-10)14-7-5-8(2)18-3/h8H,4-7H2,1-3H3,(H2,13,14,15,16,17). The third-order valence-electron chi connectivity index (χ3n) is 2.38. The molecule has 1 aromatic rings. The maximum atomic E-state index is 5.85. The second-order valence-corrected chi connectivity index (χ2v) is 5.55. The summed E-state index contributed by atoms with van der Waals surface area (Å²) in [5.74, 6) is 1.05. The average Bonchev–Trinajstić information content (AvgIpc) is 2.35. The molecule has 18 heavy (non-hydrogen) atoms. The molecule has 1 aromatic heterocycles. The van der Waals surface area contributed by atoms with Crippen LogP contribution in [0.25, 0.3) is 0 Å². The van der Waals surface area contributed by atoms with Crippen LogP contribution in [0.1, 0.15) is 26.7 Å². The Bertz CT molecular complexity index is 363. The molecule has 1 atom stereocenters. The van der Waals surface area contributed by atoms with Gasteiger partial charge in [-0.25, -0.2) is 0 Å². The number of halogens is 1. The predicted octanol–water partition coefficient (Wildman–Crippen LogP) is 2.90. The topological polar surface area (TPSA) is 62.7 Å². The van der Waals surface area contributed by atoms with E-state index in [2.05, 4.69) is 45.7 Å². The Labute approximate surface area is 118 Å². The Morgan fingerprint density at radius 3 is 2.33 bits per heavy atom. The molecule has 0 saturated carbocycles. The molecule has 1 rings (SSSR count). The largest absolute Gasteiger partial charge is 0.354 e. The molecular formula is C11H20ClN5S. The molecule has 0 spiro atoms. The molecule has 102 valence electrons. The van der Waals surface area contributed by atoms with Gasteiger partial charge >= 0.3 is 0 Å². The van der Waals surface area contributed by atoms with Gasteiger partial charge in [-0.1, -0.05) is 13.8 Å². The van der Waals surface area contributed by atoms with E-state index in [4.69, 9.17) is 11.6 Å². The van der Waals surface area contributed by atoms with Crippen LogP contribution in [0.15, 0.2) is 0 Å². The summed E-state index contributed by atoms with van der Waals surface area (Å²) in [6.45, 7) is 5.93. The highest BCUT2D eigenvalue weighted by Crippen LogP contribution is 2.12. The summed E-state index contributed by atoms with van der Waals surface area (Å²) in [5, 5.41) is 7.09. The molecule has 5 nitrogen and oxygen atoms in total. The van der Waals surface area contributed by atoms with Crippen LogP contribution in [0, 0.1) is 0 Å². The number of nitrogens with one attached hydrogen (secondary N) is 2. The minimum atomic E-state index is 0.212. The number of nitrogens with zero attached hydrogens (tertiary/aromatic N) is 3. The maximum absolute atomic E-state index is 5.85. The second kappa shape index (κ2) is 8.37. The molecular weight excluding hydrogens is 270 g/mol. The molecule has 0 fully saturated rings. The van der Waals surface area contributed by atoms with Crippen LogP contribution in [0.5, 0.6) is 0 Å². The summed E-state index contributed by atoms with van der Waals surface area (Å²) < 4.78 is 0. The number of hydrogen-bond donors (Lipinski definition) is 2. The van der Waals surface area contributed by atoms with Gasteiger partial charge in [-0.05, 0) is 30.7 Å². The van der Waals surface area contributed by atoms with Gasteiger partial charge in [0.15, 0.2) is 0 Å². The molecule has 0 saturated heterocycles. The van der Waals surface area contributed by atoms with Gasteiger partial charge in [-0.15, -0.1) is 0 Å². The zero-order chi connectivity index (χ0) is 13.4. The van der Waals surface area contributed by atoms with Crippen LogP contribution >= 0.6 is 23.4 Å². The quantitative estimate of drug-likeness (QED) is 0.767. The van der Waals surface area contributed by atoms with Gasteiger partial charge in [0.1, 0.15) is 0 Å². The molecule has 0 bridgehead atoms. The fourth-order valence-corrected chi connectivity index (χ4v) is 1.76. The first-order chi connectivity index (χ1) is 8.65. The van der Waals surface area contributed by atoms with E-state index in [-0.39, 0.29) is 5.28 Å². The smallest absolute Gasteiger partial charge is 0.228 e. The van der Waals surface area contributed by atoms with Crippen molar-refractivity contribution in [2.24, 2.45) is 0 Å². The zero-order valence-corrected chi connectivity index (χ0v) is 12.6. The van der Waals surface area contributed by atoms with E-state index in [1.165, 1.54) is 0 Å². The van der Waals surface area contributed by atoms with E-state index in [1.54, 1.807) is 0 Å². The summed E-state index contributed by atoms with van der Waals surface area (Å²) >= 11 is 7.70. The lowest BCUT2D eigenvalue weighted by Gasteiger charge is -2.10. The fraction of sp³-hybridized carbons (Fsp3) is 0.727. The van der Waals surface area contributed by atoms with E-state index in [1.807, 2.05) is 11.8 Å². The highest BCUT2D eigenvalue weighted by molar-refractivity contribution is 7.99. The third-order valence-corrected chi connectivity index (χ3v) is 3.59. The third kappa shape index (κ3) is 5.73. The molecule has 7 heteroatoms. The molecule has 0 aliphatic rings. The van der Waals surface area contributed by atoms with Crippen molar-refractivity contribution >= 4 is 35.3 Å². The Morgan fingerprint density at radius 2 is 1.78 bits per heavy atom. The van der Waals surface area contributed by atoms with Crippen LogP contribution in [0.4, 0.5) is 11.9 Å². The summed E-state index contributed by atoms with van der Waals surface area (Å²) in [6.07, 6.45) is 4.18. The highest BCUT2D eigenvalue weighted by atomic mass is 35.5. The van der Waals surface area contributed by atoms with Gasteiger partial charge in [0.2, 0.25) is 17.2 Å². The zero-order valence-electron chi connectivity index (χ0n) is 11.0. The minimum Gasteiger partial charge on any atom is -0.354 e. The van der Waals surface area contributed by atoms with Crippen LogP contribution in [0.2, 0.25) is 5.28 Å². The van der Waals surface area contributed by atoms with Gasteiger partial charge in [-0.2, -0.15) is 26.7 Å². The lowest BCUT2D eigenvalue weighted by atomic mass is 10.3. The van der Waals surface area contributed by atoms with E-state index in [0.29, 0.717) is 17.1 Å². The number of aromatic nitrogens is 3. The van der Waals surface area contributed by atoms with Crippen LogP contribution in [0.3, 0.4) is 0 Å². The van der Waals surface area contributed by atoms with Crippen LogP contribution in [-0.2, 0) is 0 Å². The number of thioether (sulfide) groups is 1. The van der Waals surface area contributed by atoms with E-state index >= 15 is 0 Å². The van der Waals surface area contributed by atoms with Gasteiger partial charge in [0.25, 0.3) is 0 Å². The minimum absolute atomic E-state index is 0.212. The molecule has 1 unspecified atom stereocenters. The lowest BCUT2D eigenvalue weighted by molar-refractivity contribution is 0.840. The van der Waals surface area contributed by atoms with E-state index < -0.39 is 0 Å². The Morgan fingerprint density at radius 1 is 1.17 bits per heavy atom. The first-order valence-electron chi connectivity index (χ1n) is 6.07. The fourth-order valence-electron chi connectivity index (χ4n) is 1.25. The number of anilines is 2. The number of rotatable bonds is 8. The number of hydrogen-bond acceptors (Lipinski definition) is 6. The summed E-state index contributed by atoms with van der Waals surface area (Å²) in [6, 6.07) is 0. The molecule has 2 N–H and O–H groups in total. The summed E-state index contributed by atoms with van der Waals surface area (Å²) in [5.41, 5.74) is 0. The van der Waals surface area contributed by atoms with Crippen molar-refractivity contribution in [3.63, 3.8) is 0 Å². The SMILES string of the molecule is CCCNc1nc(Cl)nc(NCCC(C)SC)n1. The normalized spacial score (nSPS) is 12.2. The van der Waals surface area contributed by atoms with Gasteiger partial charge in [0, 0.05) is 18.3 Å². The molecule has 0 aliphatic heterocycles. The Hall–Kier alpha value is -0.750. The molecule has 0 radical (unpaired) electrons. The summed E-state index contributed by atoms with van der Waals surface area (Å²) in [7, 11) is 0. The molecule has 0 aliphatic carbocycles. The van der Waals surface area contributed by atoms with Gasteiger partial charge < -0.3 is 10.6 Å². The first-order valence-corrected chi connectivity index (χ1v) is 7.74. The van der Waals surface area contributed by atoms with Crippen LogP contribution < -0.4 is 10.6 Å². The van der Waals surface area contributed by atoms with Gasteiger partial charge in [-0.3, -0.25) is 0 Å². The molecule has 0 aromatic carbocycles. The average molecular weight is 290 g/mol. The van der Waals surface area contributed by atoms with Crippen molar-refractivity contribution < 1.29 is 0 Å². The monoisotopic (exact) mass is 289 g/mol. The predicted molar refractivity (Wildman–Crippen MR) is 79.7 cm³/mol. The second-order valence-electron chi connectivity index (χ2n) is 3.94. The van der Waals surface area contributed by atoms with E-state index in [9.17, 15) is 0 Å². The Kier molecular flexibility index (Phi) is 7.12. The first kappa shape index (κ1) is 15.3. The maximum Gasteiger partial charge on any atom is 0.228 e. The van der Waals surface area contributed by atoms with Crippen molar-refractivity contribution in [3.05, 3.63) is 5.28 Å². The van der Waals surface area contributed by atoms with Crippen molar-refractivity contribution in [2.75, 3.05) is 30.0 Å². The van der Waals surface area contributed by atoms with Crippen molar-refractivity contribution in [1.29, 1.82) is 0 Å². The van der Waals surface area contributed by atoms with E-state index in [0.717, 1.165) is 25.9 Å². The van der Waals surface area contributed by atoms with Crippen molar-refractivity contribution in [1.82, 2.24) is 15.0 Å². The van der Waals surface area contributed by atoms with Crippen molar-refractivity contribution in [3.8, 4) is 0 Å². The van der Waals surface area contributed by atoms with Crippen LogP contribution in [-0.4, -0.2) is 39.5 Å². The molecule has 1 heterocycles. The van der Waals surface area contributed by atoms with Crippen molar-refractivity contribution in [2.45, 2.75) is 31.9 Å².